The number of benzene rings is 2. The van der Waals surface area contributed by atoms with Gasteiger partial charge in [-0.1, -0.05) is 29.5 Å². The molecule has 0 fully saturated rings. The molecule has 1 atom stereocenters. The monoisotopic (exact) mass is 647 g/mol. The van der Waals surface area contributed by atoms with E-state index in [0.717, 1.165) is 11.3 Å². The number of ether oxygens (including phenoxy) is 4. The number of carbonyl (C=O) groups is 2. The summed E-state index contributed by atoms with van der Waals surface area (Å²) in [5.74, 6) is -0.0830. The summed E-state index contributed by atoms with van der Waals surface area (Å²) in [6.45, 7) is 5.17. The zero-order valence-electron chi connectivity index (χ0n) is 25.3. The highest BCUT2D eigenvalue weighted by molar-refractivity contribution is 7.07. The molecule has 4 aromatic rings. The van der Waals surface area contributed by atoms with Gasteiger partial charge in [0.05, 0.1) is 52.7 Å². The predicted molar refractivity (Wildman–Crippen MR) is 166 cm³/mol. The molecule has 14 heteroatoms. The van der Waals surface area contributed by atoms with Crippen molar-refractivity contribution in [2.75, 3.05) is 26.9 Å². The van der Waals surface area contributed by atoms with Crippen molar-refractivity contribution in [3.8, 4) is 22.8 Å². The molecule has 2 aromatic heterocycles. The SMILES string of the molecule is CCOC(=O)C1=C(C)N=c2s/c(=C/c3ccc(-c4ccccc4[N+](=O)[O-])o3)c(=O)n2[C@H]1c1ccc(OCC(=O)OC)c(OCC)c1. The summed E-state index contributed by atoms with van der Waals surface area (Å²) in [6.07, 6.45) is 1.53. The fraction of sp³-hybridized carbons (Fsp3) is 0.250. The molecule has 0 unspecified atom stereocenters. The molecule has 0 radical (unpaired) electrons. The molecule has 0 saturated carbocycles. The maximum atomic E-state index is 14.0. The number of aromatic nitrogens is 1. The first kappa shape index (κ1) is 31.9. The number of hydrogen-bond acceptors (Lipinski definition) is 12. The van der Waals surface area contributed by atoms with Crippen LogP contribution in [0, 0.1) is 10.1 Å². The van der Waals surface area contributed by atoms with Gasteiger partial charge in [0.25, 0.3) is 11.2 Å². The van der Waals surface area contributed by atoms with Gasteiger partial charge in [0.2, 0.25) is 0 Å². The van der Waals surface area contributed by atoms with Gasteiger partial charge in [-0.3, -0.25) is 19.5 Å². The minimum atomic E-state index is -0.939. The van der Waals surface area contributed by atoms with Crippen molar-refractivity contribution >= 4 is 35.0 Å². The number of nitro benzene ring substituents is 1. The molecule has 0 bridgehead atoms. The lowest BCUT2D eigenvalue weighted by atomic mass is 9.95. The summed E-state index contributed by atoms with van der Waals surface area (Å²) < 4.78 is 29.0. The number of nitro groups is 1. The van der Waals surface area contributed by atoms with Gasteiger partial charge in [-0.2, -0.15) is 0 Å². The van der Waals surface area contributed by atoms with Gasteiger partial charge in [-0.05, 0) is 56.7 Å². The van der Waals surface area contributed by atoms with E-state index in [1.54, 1.807) is 69.3 Å². The fourth-order valence-electron chi connectivity index (χ4n) is 4.93. The number of furan rings is 1. The van der Waals surface area contributed by atoms with Crippen LogP contribution in [0.5, 0.6) is 11.5 Å². The number of allylic oxidation sites excluding steroid dienone is 1. The van der Waals surface area contributed by atoms with Crippen molar-refractivity contribution in [1.82, 2.24) is 4.57 Å². The van der Waals surface area contributed by atoms with Crippen LogP contribution in [0.15, 0.2) is 80.1 Å². The molecule has 0 saturated heterocycles. The fourth-order valence-corrected chi connectivity index (χ4v) is 5.96. The number of methoxy groups -OCH3 is 1. The normalized spacial score (nSPS) is 14.3. The predicted octanol–water partition coefficient (Wildman–Crippen LogP) is 3.92. The first-order valence-electron chi connectivity index (χ1n) is 14.2. The van der Waals surface area contributed by atoms with Gasteiger partial charge in [0.15, 0.2) is 22.9 Å². The molecular weight excluding hydrogens is 618 g/mol. The zero-order chi connectivity index (χ0) is 33.0. The van der Waals surface area contributed by atoms with Gasteiger partial charge in [0, 0.05) is 12.1 Å². The van der Waals surface area contributed by atoms with E-state index >= 15 is 0 Å². The first-order chi connectivity index (χ1) is 22.2. The highest BCUT2D eigenvalue weighted by Crippen LogP contribution is 2.36. The van der Waals surface area contributed by atoms with Gasteiger partial charge in [-0.25, -0.2) is 14.6 Å². The van der Waals surface area contributed by atoms with Gasteiger partial charge >= 0.3 is 11.9 Å². The van der Waals surface area contributed by atoms with Crippen molar-refractivity contribution in [1.29, 1.82) is 0 Å². The van der Waals surface area contributed by atoms with Crippen LogP contribution in [0.1, 0.15) is 38.1 Å². The summed E-state index contributed by atoms with van der Waals surface area (Å²) in [5.41, 5.74) is 0.788. The molecule has 0 aliphatic carbocycles. The third kappa shape index (κ3) is 6.33. The van der Waals surface area contributed by atoms with Gasteiger partial charge in [0.1, 0.15) is 11.5 Å². The number of esters is 2. The average molecular weight is 648 g/mol. The number of fused-ring (bicyclic) bond motifs is 1. The lowest BCUT2D eigenvalue weighted by molar-refractivity contribution is -0.384. The Balaban J connectivity index is 1.62. The number of thiazole rings is 1. The first-order valence-corrected chi connectivity index (χ1v) is 15.0. The maximum Gasteiger partial charge on any atom is 0.343 e. The molecule has 3 heterocycles. The molecule has 0 N–H and O–H groups in total. The number of rotatable bonds is 11. The van der Waals surface area contributed by atoms with Crippen LogP contribution in [0.2, 0.25) is 0 Å². The number of para-hydroxylation sites is 1. The molecule has 0 spiro atoms. The topological polar surface area (TPSA) is 162 Å². The molecule has 2 aromatic carbocycles. The van der Waals surface area contributed by atoms with E-state index < -0.39 is 28.5 Å². The Labute approximate surface area is 265 Å². The quantitative estimate of drug-likeness (QED) is 0.133. The molecule has 1 aliphatic heterocycles. The summed E-state index contributed by atoms with van der Waals surface area (Å²) in [7, 11) is 1.25. The Morgan fingerprint density at radius 2 is 1.87 bits per heavy atom. The third-order valence-electron chi connectivity index (χ3n) is 6.94. The lowest BCUT2D eigenvalue weighted by Crippen LogP contribution is -2.40. The molecule has 13 nitrogen and oxygen atoms in total. The number of carbonyl (C=O) groups excluding carboxylic acids is 2. The Hall–Kier alpha value is -5.50. The minimum absolute atomic E-state index is 0.109. The molecule has 0 amide bonds. The largest absolute Gasteiger partial charge is 0.490 e. The highest BCUT2D eigenvalue weighted by Gasteiger charge is 2.34. The van der Waals surface area contributed by atoms with Crippen LogP contribution >= 0.6 is 11.3 Å². The Morgan fingerprint density at radius 1 is 1.09 bits per heavy atom. The van der Waals surface area contributed by atoms with E-state index in [0.29, 0.717) is 33.1 Å². The molecule has 1 aliphatic rings. The molecule has 238 valence electrons. The third-order valence-corrected chi connectivity index (χ3v) is 7.92. The van der Waals surface area contributed by atoms with Crippen LogP contribution in [0.25, 0.3) is 17.4 Å². The smallest absolute Gasteiger partial charge is 0.343 e. The second-order valence-electron chi connectivity index (χ2n) is 9.78. The number of nitrogens with zero attached hydrogens (tertiary/aromatic N) is 3. The van der Waals surface area contributed by atoms with Gasteiger partial charge < -0.3 is 23.4 Å². The van der Waals surface area contributed by atoms with E-state index in [4.69, 9.17) is 18.6 Å². The van der Waals surface area contributed by atoms with Gasteiger partial charge in [-0.15, -0.1) is 0 Å². The van der Waals surface area contributed by atoms with Crippen LogP contribution in [-0.4, -0.2) is 48.4 Å². The van der Waals surface area contributed by atoms with E-state index in [1.165, 1.54) is 23.8 Å². The molecular formula is C32H29N3O10S. The summed E-state index contributed by atoms with van der Waals surface area (Å²) in [4.78, 5) is 54.9. The van der Waals surface area contributed by atoms with E-state index in [1.807, 2.05) is 0 Å². The van der Waals surface area contributed by atoms with Crippen molar-refractivity contribution in [3.63, 3.8) is 0 Å². The van der Waals surface area contributed by atoms with Crippen molar-refractivity contribution in [3.05, 3.63) is 107 Å². The zero-order valence-corrected chi connectivity index (χ0v) is 26.1. The van der Waals surface area contributed by atoms with Crippen molar-refractivity contribution < 1.29 is 37.9 Å². The van der Waals surface area contributed by atoms with Crippen molar-refractivity contribution in [2.45, 2.75) is 26.8 Å². The van der Waals surface area contributed by atoms with E-state index in [2.05, 4.69) is 9.73 Å². The second kappa shape index (κ2) is 13.6. The maximum absolute atomic E-state index is 14.0. The van der Waals surface area contributed by atoms with Crippen LogP contribution in [0.3, 0.4) is 0 Å². The molecule has 5 rings (SSSR count). The lowest BCUT2D eigenvalue weighted by Gasteiger charge is -2.25. The second-order valence-corrected chi connectivity index (χ2v) is 10.8. The molecule has 46 heavy (non-hydrogen) atoms. The Kier molecular flexibility index (Phi) is 9.47. The number of hydrogen-bond donors (Lipinski definition) is 0. The van der Waals surface area contributed by atoms with E-state index in [-0.39, 0.29) is 47.1 Å². The summed E-state index contributed by atoms with van der Waals surface area (Å²) in [5, 5.41) is 11.5. The Bertz CT molecular complexity index is 2040. The highest BCUT2D eigenvalue weighted by atomic mass is 32.1. The van der Waals surface area contributed by atoms with E-state index in [9.17, 15) is 24.5 Å². The van der Waals surface area contributed by atoms with Crippen LogP contribution in [-0.2, 0) is 19.1 Å². The average Bonchev–Trinajstić information content (AvgIpc) is 3.63. The summed E-state index contributed by atoms with van der Waals surface area (Å²) >= 11 is 1.10. The Morgan fingerprint density at radius 3 is 2.59 bits per heavy atom. The van der Waals surface area contributed by atoms with Crippen LogP contribution in [0.4, 0.5) is 5.69 Å². The van der Waals surface area contributed by atoms with Crippen LogP contribution < -0.4 is 24.4 Å². The standard InChI is InChI=1S/C32H29N3O10S/c1-5-42-25-15-19(11-13-24(25)44-17-27(36)41-4)29-28(31(38)43-6-2)18(3)33-32-34(29)30(37)26(46-32)16-20-12-14-23(45-20)21-9-7-8-10-22(21)35(39)40/h7-16,29H,5-6,17H2,1-4H3/b26-16+/t29-/m0/s1. The summed E-state index contributed by atoms with van der Waals surface area (Å²) in [6, 6.07) is 13.4. The van der Waals surface area contributed by atoms with Crippen molar-refractivity contribution in [2.24, 2.45) is 4.99 Å². The minimum Gasteiger partial charge on any atom is -0.490 e.